The van der Waals surface area contributed by atoms with E-state index in [1.807, 2.05) is 0 Å². The van der Waals surface area contributed by atoms with Gasteiger partial charge >= 0.3 is 11.9 Å². The summed E-state index contributed by atoms with van der Waals surface area (Å²) in [5.41, 5.74) is 0.991. The van der Waals surface area contributed by atoms with Crippen molar-refractivity contribution < 1.29 is 19.1 Å². The number of ether oxygens (including phenoxy) is 2. The Morgan fingerprint density at radius 1 is 1.09 bits per heavy atom. The molecule has 0 aromatic heterocycles. The molecule has 0 spiro atoms. The Hall–Kier alpha value is -2.15. The number of methoxy groups -OCH3 is 2. The first-order valence-electron chi connectivity index (χ1n) is 6.88. The van der Waals surface area contributed by atoms with E-state index in [0.717, 1.165) is 19.4 Å². The molecule has 22 heavy (non-hydrogen) atoms. The summed E-state index contributed by atoms with van der Waals surface area (Å²) in [6.45, 7) is 2.84. The molecule has 0 unspecified atom stereocenters. The van der Waals surface area contributed by atoms with Crippen molar-refractivity contribution in [3.63, 3.8) is 0 Å². The number of rotatable bonds is 6. The standard InChI is InChI=1S/C15H20N2O4S/c1-4-5-6-16-15(22)17-12-8-10(13(18)20-2)7-11(9-12)14(19)21-3/h7-9H,4-6H2,1-3H3,(H2,16,17,22). The molecule has 0 amide bonds. The number of hydrogen-bond donors (Lipinski definition) is 2. The Balaban J connectivity index is 2.95. The van der Waals surface area contributed by atoms with Gasteiger partial charge in [0.2, 0.25) is 0 Å². The Bertz CT molecular complexity index is 526. The molecule has 6 nitrogen and oxygen atoms in total. The zero-order valence-electron chi connectivity index (χ0n) is 12.9. The Labute approximate surface area is 135 Å². The first-order valence-corrected chi connectivity index (χ1v) is 7.29. The average molecular weight is 324 g/mol. The van der Waals surface area contributed by atoms with Crippen LogP contribution in [-0.2, 0) is 9.47 Å². The summed E-state index contributed by atoms with van der Waals surface area (Å²) in [6, 6.07) is 4.54. The molecule has 1 aromatic rings. The topological polar surface area (TPSA) is 76.7 Å². The van der Waals surface area contributed by atoms with E-state index in [1.165, 1.54) is 20.3 Å². The summed E-state index contributed by atoms with van der Waals surface area (Å²) in [5.74, 6) is -1.09. The van der Waals surface area contributed by atoms with Gasteiger partial charge in [-0.15, -0.1) is 0 Å². The highest BCUT2D eigenvalue weighted by Crippen LogP contribution is 2.17. The third-order valence-electron chi connectivity index (χ3n) is 2.85. The Morgan fingerprint density at radius 3 is 2.09 bits per heavy atom. The van der Waals surface area contributed by atoms with Gasteiger partial charge in [0.15, 0.2) is 5.11 Å². The number of anilines is 1. The van der Waals surface area contributed by atoms with Gasteiger partial charge in [-0.1, -0.05) is 13.3 Å². The van der Waals surface area contributed by atoms with Gasteiger partial charge in [0.1, 0.15) is 0 Å². The number of unbranched alkanes of at least 4 members (excludes halogenated alkanes) is 1. The fourth-order valence-electron chi connectivity index (χ4n) is 1.73. The van der Waals surface area contributed by atoms with Gasteiger partial charge < -0.3 is 20.1 Å². The van der Waals surface area contributed by atoms with E-state index in [-0.39, 0.29) is 11.1 Å². The fraction of sp³-hybridized carbons (Fsp3) is 0.400. The lowest BCUT2D eigenvalue weighted by Crippen LogP contribution is -2.29. The van der Waals surface area contributed by atoms with E-state index in [2.05, 4.69) is 27.0 Å². The van der Waals surface area contributed by atoms with Gasteiger partial charge in [-0.2, -0.15) is 0 Å². The molecule has 1 aromatic carbocycles. The van der Waals surface area contributed by atoms with Crippen molar-refractivity contribution >= 4 is 35.0 Å². The van der Waals surface area contributed by atoms with E-state index in [4.69, 9.17) is 12.2 Å². The lowest BCUT2D eigenvalue weighted by Gasteiger charge is -2.12. The van der Waals surface area contributed by atoms with Gasteiger partial charge in [-0.05, 0) is 36.8 Å². The van der Waals surface area contributed by atoms with Crippen molar-refractivity contribution in [1.29, 1.82) is 0 Å². The summed E-state index contributed by atoms with van der Waals surface area (Å²) in [4.78, 5) is 23.3. The molecule has 1 rings (SSSR count). The number of esters is 2. The molecular weight excluding hydrogens is 304 g/mol. The molecule has 2 N–H and O–H groups in total. The van der Waals surface area contributed by atoms with Crippen molar-refractivity contribution in [2.24, 2.45) is 0 Å². The molecular formula is C15H20N2O4S. The van der Waals surface area contributed by atoms with E-state index < -0.39 is 11.9 Å². The zero-order valence-corrected chi connectivity index (χ0v) is 13.7. The number of nitrogens with one attached hydrogen (secondary N) is 2. The first-order chi connectivity index (χ1) is 10.5. The molecule has 120 valence electrons. The van der Waals surface area contributed by atoms with Crippen LogP contribution in [-0.4, -0.2) is 37.8 Å². The molecule has 0 aliphatic rings. The molecule has 0 radical (unpaired) electrons. The van der Waals surface area contributed by atoms with Gasteiger partial charge in [0, 0.05) is 12.2 Å². The molecule has 0 bridgehead atoms. The lowest BCUT2D eigenvalue weighted by molar-refractivity contribution is 0.0599. The number of carbonyl (C=O) groups is 2. The molecule has 7 heteroatoms. The van der Waals surface area contributed by atoms with Crippen LogP contribution in [0.5, 0.6) is 0 Å². The van der Waals surface area contributed by atoms with Gasteiger partial charge in [-0.3, -0.25) is 0 Å². The molecule has 0 heterocycles. The normalized spacial score (nSPS) is 9.77. The van der Waals surface area contributed by atoms with E-state index in [1.54, 1.807) is 12.1 Å². The molecule has 0 atom stereocenters. The fourth-order valence-corrected chi connectivity index (χ4v) is 1.95. The highest BCUT2D eigenvalue weighted by molar-refractivity contribution is 7.80. The quantitative estimate of drug-likeness (QED) is 0.472. The van der Waals surface area contributed by atoms with Crippen LogP contribution in [0.1, 0.15) is 40.5 Å². The summed E-state index contributed by atoms with van der Waals surface area (Å²) in [5, 5.41) is 6.41. The maximum Gasteiger partial charge on any atom is 0.337 e. The largest absolute Gasteiger partial charge is 0.465 e. The summed E-state index contributed by atoms with van der Waals surface area (Å²) in [7, 11) is 2.55. The first kappa shape index (κ1) is 17.9. The number of carbonyl (C=O) groups excluding carboxylic acids is 2. The van der Waals surface area contributed by atoms with Crippen molar-refractivity contribution in [3.05, 3.63) is 29.3 Å². The van der Waals surface area contributed by atoms with Crippen LogP contribution in [0, 0.1) is 0 Å². The van der Waals surface area contributed by atoms with Crippen LogP contribution in [0.4, 0.5) is 5.69 Å². The minimum atomic E-state index is -0.543. The molecule has 0 aliphatic carbocycles. The summed E-state index contributed by atoms with van der Waals surface area (Å²) >= 11 is 5.17. The van der Waals surface area contributed by atoms with Gasteiger partial charge in [0.05, 0.1) is 25.3 Å². The van der Waals surface area contributed by atoms with Crippen LogP contribution in [0.2, 0.25) is 0 Å². The minimum Gasteiger partial charge on any atom is -0.465 e. The predicted molar refractivity (Wildman–Crippen MR) is 88.3 cm³/mol. The Kier molecular flexibility index (Phi) is 7.31. The lowest BCUT2D eigenvalue weighted by atomic mass is 10.1. The highest BCUT2D eigenvalue weighted by atomic mass is 32.1. The van der Waals surface area contributed by atoms with E-state index in [0.29, 0.717) is 10.8 Å². The van der Waals surface area contributed by atoms with Crippen LogP contribution in [0.25, 0.3) is 0 Å². The highest BCUT2D eigenvalue weighted by Gasteiger charge is 2.14. The number of hydrogen-bond acceptors (Lipinski definition) is 5. The SMILES string of the molecule is CCCCNC(=S)Nc1cc(C(=O)OC)cc(C(=O)OC)c1. The minimum absolute atomic E-state index is 0.240. The van der Waals surface area contributed by atoms with Gasteiger partial charge in [0.25, 0.3) is 0 Å². The monoisotopic (exact) mass is 324 g/mol. The second kappa shape index (κ2) is 8.99. The van der Waals surface area contributed by atoms with E-state index in [9.17, 15) is 9.59 Å². The number of thiocarbonyl (C=S) groups is 1. The third-order valence-corrected chi connectivity index (χ3v) is 3.10. The Morgan fingerprint density at radius 2 is 1.64 bits per heavy atom. The van der Waals surface area contributed by atoms with Crippen LogP contribution in [0.3, 0.4) is 0 Å². The average Bonchev–Trinajstić information content (AvgIpc) is 2.53. The summed E-state index contributed by atoms with van der Waals surface area (Å²) < 4.78 is 9.35. The van der Waals surface area contributed by atoms with Crippen LogP contribution >= 0.6 is 12.2 Å². The molecule has 0 aliphatic heterocycles. The second-order valence-corrected chi connectivity index (χ2v) is 4.92. The molecule has 0 saturated carbocycles. The van der Waals surface area contributed by atoms with Crippen molar-refractivity contribution in [2.45, 2.75) is 19.8 Å². The van der Waals surface area contributed by atoms with Crippen molar-refractivity contribution in [2.75, 3.05) is 26.1 Å². The third kappa shape index (κ3) is 5.33. The second-order valence-electron chi connectivity index (χ2n) is 4.52. The molecule has 0 fully saturated rings. The predicted octanol–water partition coefficient (Wildman–Crippen LogP) is 2.35. The van der Waals surface area contributed by atoms with E-state index >= 15 is 0 Å². The number of benzene rings is 1. The molecule has 0 saturated heterocycles. The van der Waals surface area contributed by atoms with Crippen LogP contribution < -0.4 is 10.6 Å². The maximum atomic E-state index is 11.7. The van der Waals surface area contributed by atoms with Crippen LogP contribution in [0.15, 0.2) is 18.2 Å². The maximum absolute atomic E-state index is 11.7. The smallest absolute Gasteiger partial charge is 0.337 e. The summed E-state index contributed by atoms with van der Waals surface area (Å²) in [6.07, 6.45) is 2.05. The van der Waals surface area contributed by atoms with Gasteiger partial charge in [-0.25, -0.2) is 9.59 Å². The van der Waals surface area contributed by atoms with Crippen molar-refractivity contribution in [1.82, 2.24) is 5.32 Å². The zero-order chi connectivity index (χ0) is 16.5. The van der Waals surface area contributed by atoms with Crippen molar-refractivity contribution in [3.8, 4) is 0 Å².